The minimum absolute atomic E-state index is 0.0738. The number of phenolic OH excluding ortho intramolecular Hbond substituents is 5. The summed E-state index contributed by atoms with van der Waals surface area (Å²) < 4.78 is 33.5. The Kier molecular flexibility index (Phi) is 41.9. The van der Waals surface area contributed by atoms with Crippen LogP contribution in [0.5, 0.6) is 57.5 Å². The van der Waals surface area contributed by atoms with Crippen molar-refractivity contribution in [3.8, 4) is 57.5 Å². The molecule has 560 valence electrons. The second-order valence-electron chi connectivity index (χ2n) is 27.5. The van der Waals surface area contributed by atoms with E-state index in [2.05, 4.69) is 49.6 Å². The van der Waals surface area contributed by atoms with Gasteiger partial charge in [-0.05, 0) is 129 Å². The van der Waals surface area contributed by atoms with Crippen molar-refractivity contribution in [2.24, 2.45) is 0 Å². The molecule has 0 amide bonds. The number of unbranched alkanes of at least 4 members (excludes halogenated alkanes) is 25. The summed E-state index contributed by atoms with van der Waals surface area (Å²) in [4.78, 5) is 11.4. The van der Waals surface area contributed by atoms with E-state index in [-0.39, 0.29) is 60.9 Å². The molecular formula is C90H125N3O10. The van der Waals surface area contributed by atoms with Crippen molar-refractivity contribution in [2.75, 3.05) is 33.0 Å². The maximum Gasteiger partial charge on any atom is 0.123 e. The molecule has 0 saturated carbocycles. The molecule has 10 bridgehead atoms. The SMILES string of the molecule is CCCCCCCCOc1cc2c(O)cc1Cc1cc(OCCCCCCCC)c(cc1O)Cc1cc(OCCCCCCCC)c(cc1O)Cc1cc(OCCCCCCCC)c(cc1O)Cc1cc(OCCCCCCCC)c(cc1O)C2.c1ccncc1.c1ccncc1.c1ccncc1. The number of ether oxygens (including phenoxy) is 5. The lowest BCUT2D eigenvalue weighted by atomic mass is 9.94. The van der Waals surface area contributed by atoms with Crippen LogP contribution in [0.3, 0.4) is 0 Å². The summed E-state index contributed by atoms with van der Waals surface area (Å²) >= 11 is 0. The molecule has 10 aliphatic rings. The van der Waals surface area contributed by atoms with Crippen molar-refractivity contribution in [3.63, 3.8) is 0 Å². The molecule has 13 heteroatoms. The molecular weight excluding hydrogens is 1280 g/mol. The number of phenols is 5. The van der Waals surface area contributed by atoms with E-state index in [9.17, 15) is 25.5 Å². The molecule has 0 saturated heterocycles. The Bertz CT molecular complexity index is 2930. The summed E-state index contributed by atoms with van der Waals surface area (Å²) in [6.45, 7) is 13.6. The Labute approximate surface area is 618 Å². The third kappa shape index (κ3) is 32.8. The van der Waals surface area contributed by atoms with E-state index >= 15 is 0 Å². The minimum Gasteiger partial charge on any atom is -0.508 e. The third-order valence-corrected chi connectivity index (χ3v) is 18.7. The van der Waals surface area contributed by atoms with Crippen molar-refractivity contribution < 1.29 is 49.2 Å². The normalized spacial score (nSPS) is 11.5. The summed E-state index contributed by atoms with van der Waals surface area (Å²) in [6, 6.07) is 35.6. The van der Waals surface area contributed by atoms with E-state index in [0.717, 1.165) is 124 Å². The van der Waals surface area contributed by atoms with Gasteiger partial charge in [0.05, 0.1) is 33.0 Å². The van der Waals surface area contributed by atoms with Gasteiger partial charge in [-0.3, -0.25) is 15.0 Å². The van der Waals surface area contributed by atoms with E-state index in [0.29, 0.717) is 89.6 Å². The highest BCUT2D eigenvalue weighted by molar-refractivity contribution is 5.59. The molecule has 3 heterocycles. The summed E-state index contributed by atoms with van der Waals surface area (Å²) in [5.41, 5.74) is 6.75. The molecule has 0 spiro atoms. The van der Waals surface area contributed by atoms with Crippen molar-refractivity contribution in [2.45, 2.75) is 259 Å². The molecule has 10 aliphatic carbocycles. The Morgan fingerprint density at radius 3 is 0.524 bits per heavy atom. The first-order chi connectivity index (χ1) is 50.5. The third-order valence-electron chi connectivity index (χ3n) is 18.7. The number of pyridine rings is 3. The predicted octanol–water partition coefficient (Wildman–Crippen LogP) is 23.4. The molecule has 5 N–H and O–H groups in total. The summed E-state index contributed by atoms with van der Waals surface area (Å²) in [5.74, 6) is 3.47. The lowest BCUT2D eigenvalue weighted by molar-refractivity contribution is 0.298. The van der Waals surface area contributed by atoms with Gasteiger partial charge in [-0.1, -0.05) is 213 Å². The van der Waals surface area contributed by atoms with Crippen LogP contribution in [0, 0.1) is 0 Å². The zero-order chi connectivity index (χ0) is 73.2. The molecule has 13 nitrogen and oxygen atoms in total. The molecule has 3 aromatic heterocycles. The molecule has 5 aromatic carbocycles. The van der Waals surface area contributed by atoms with Gasteiger partial charge >= 0.3 is 0 Å². The van der Waals surface area contributed by atoms with Gasteiger partial charge in [-0.15, -0.1) is 0 Å². The van der Waals surface area contributed by atoms with E-state index in [4.69, 9.17) is 23.7 Å². The Hall–Kier alpha value is -8.45. The van der Waals surface area contributed by atoms with Gasteiger partial charge in [-0.2, -0.15) is 0 Å². The standard InChI is InChI=1S/C75H110O10.3C5H5N/c1-6-11-16-21-26-31-36-81-71-51-56-42-62-47-68(78)58(53-73(62)83-38-33-28-23-18-13-8-3)44-64-49-70(80)60(55-75(64)85-40-35-30-25-20-15-10-5)45-65-50-69(79)59(54-74(65)84-39-34-29-24-19-14-9-4)43-63-48-67(77)57(41-61(71)46-66(56)76)52-72(63)82-37-32-27-22-17-12-7-2;3*1-2-4-6-5-3-1/h46-55,76-80H,6-45H2,1-5H3;3*1-5H. The van der Waals surface area contributed by atoms with Gasteiger partial charge in [-0.25, -0.2) is 0 Å². The van der Waals surface area contributed by atoms with E-state index < -0.39 is 0 Å². The molecule has 8 aromatic rings. The van der Waals surface area contributed by atoms with Crippen LogP contribution in [0.15, 0.2) is 152 Å². The number of benzene rings is 5. The highest BCUT2D eigenvalue weighted by atomic mass is 16.5. The summed E-state index contributed by atoms with van der Waals surface area (Å²) in [5, 5.41) is 60.5. The van der Waals surface area contributed by atoms with Crippen molar-refractivity contribution in [1.82, 2.24) is 15.0 Å². The van der Waals surface area contributed by atoms with Gasteiger partial charge in [0.1, 0.15) is 57.5 Å². The Morgan fingerprint density at radius 2 is 0.379 bits per heavy atom. The highest BCUT2D eigenvalue weighted by Crippen LogP contribution is 2.42. The maximum absolute atomic E-state index is 12.1. The molecule has 103 heavy (non-hydrogen) atoms. The van der Waals surface area contributed by atoms with Gasteiger partial charge in [0.15, 0.2) is 0 Å². The topological polar surface area (TPSA) is 186 Å². The Morgan fingerprint density at radius 1 is 0.214 bits per heavy atom. The van der Waals surface area contributed by atoms with Crippen molar-refractivity contribution in [3.05, 3.63) is 208 Å². The zero-order valence-corrected chi connectivity index (χ0v) is 63.3. The highest BCUT2D eigenvalue weighted by Gasteiger charge is 2.23. The summed E-state index contributed by atoms with van der Waals surface area (Å²) in [6.07, 6.45) is 45.1. The Balaban J connectivity index is 0.000000800. The molecule has 0 radical (unpaired) electrons. The van der Waals surface area contributed by atoms with Crippen LogP contribution in [0.2, 0.25) is 0 Å². The van der Waals surface area contributed by atoms with E-state index in [1.54, 1.807) is 67.5 Å². The maximum atomic E-state index is 12.1. The number of nitrogens with zero attached hydrogens (tertiary/aromatic N) is 3. The van der Waals surface area contributed by atoms with Crippen LogP contribution in [-0.2, 0) is 32.1 Å². The fourth-order valence-electron chi connectivity index (χ4n) is 12.6. The summed E-state index contributed by atoms with van der Waals surface area (Å²) in [7, 11) is 0. The molecule has 0 aliphatic heterocycles. The van der Waals surface area contributed by atoms with Gasteiger partial charge < -0.3 is 49.2 Å². The smallest absolute Gasteiger partial charge is 0.123 e. The first-order valence-corrected chi connectivity index (χ1v) is 39.5. The van der Waals surface area contributed by atoms with E-state index in [1.807, 2.05) is 84.9 Å². The zero-order valence-electron chi connectivity index (χ0n) is 63.3. The number of hydrogen-bond donors (Lipinski definition) is 5. The average molecular weight is 1410 g/mol. The lowest BCUT2D eigenvalue weighted by Crippen LogP contribution is -2.06. The number of rotatable bonds is 40. The van der Waals surface area contributed by atoms with Gasteiger partial charge in [0.2, 0.25) is 0 Å². The van der Waals surface area contributed by atoms with Crippen LogP contribution in [0.4, 0.5) is 0 Å². The first-order valence-electron chi connectivity index (χ1n) is 39.5. The second-order valence-corrected chi connectivity index (χ2v) is 27.5. The molecule has 18 rings (SSSR count). The fourth-order valence-corrected chi connectivity index (χ4v) is 12.6. The van der Waals surface area contributed by atoms with Crippen LogP contribution in [0.25, 0.3) is 0 Å². The van der Waals surface area contributed by atoms with Crippen LogP contribution < -0.4 is 23.7 Å². The minimum atomic E-state index is 0.0738. The lowest BCUT2D eigenvalue weighted by Gasteiger charge is -2.19. The first kappa shape index (κ1) is 83.5. The average Bonchev–Trinajstić information content (AvgIpc) is 1.19. The van der Waals surface area contributed by atoms with Gasteiger partial charge in [0.25, 0.3) is 0 Å². The monoisotopic (exact) mass is 1410 g/mol. The molecule has 0 unspecified atom stereocenters. The quantitative estimate of drug-likeness (QED) is 0.0229. The van der Waals surface area contributed by atoms with Crippen LogP contribution in [0.1, 0.15) is 283 Å². The van der Waals surface area contributed by atoms with Crippen molar-refractivity contribution in [1.29, 1.82) is 0 Å². The number of hydrogen-bond acceptors (Lipinski definition) is 13. The van der Waals surface area contributed by atoms with Crippen LogP contribution >= 0.6 is 0 Å². The predicted molar refractivity (Wildman–Crippen MR) is 422 cm³/mol. The van der Waals surface area contributed by atoms with E-state index in [1.165, 1.54) is 96.3 Å². The second kappa shape index (κ2) is 51.7. The van der Waals surface area contributed by atoms with Crippen LogP contribution in [-0.4, -0.2) is 73.5 Å². The number of aromatic nitrogens is 3. The largest absolute Gasteiger partial charge is 0.508 e. The number of aromatic hydroxyl groups is 5. The molecule has 0 atom stereocenters. The fraction of sp³-hybridized carbons (Fsp3) is 0.500. The van der Waals surface area contributed by atoms with Gasteiger partial charge in [0, 0.05) is 125 Å². The van der Waals surface area contributed by atoms with Crippen molar-refractivity contribution >= 4 is 0 Å². The molecule has 0 fully saturated rings.